The number of hydrogen-bond acceptors (Lipinski definition) is 8. The quantitative estimate of drug-likeness (QED) is 0.760. The van der Waals surface area contributed by atoms with Crippen molar-refractivity contribution in [2.45, 2.75) is 0 Å². The van der Waals surface area contributed by atoms with Crippen molar-refractivity contribution in [3.8, 4) is 16.9 Å². The van der Waals surface area contributed by atoms with Crippen LogP contribution in [0.25, 0.3) is 11.1 Å². The molecule has 3 aliphatic rings. The molecule has 2 aromatic rings. The van der Waals surface area contributed by atoms with Crippen molar-refractivity contribution < 1.29 is 9.47 Å². The minimum atomic E-state index is 0.330. The highest BCUT2D eigenvalue weighted by Crippen LogP contribution is 2.39. The van der Waals surface area contributed by atoms with Crippen molar-refractivity contribution in [2.75, 3.05) is 31.8 Å². The van der Waals surface area contributed by atoms with E-state index in [0.29, 0.717) is 23.4 Å². The number of nitrogens with zero attached hydrogens (tertiary/aromatic N) is 5. The first-order chi connectivity index (χ1) is 15.0. The first-order valence-corrected chi connectivity index (χ1v) is 10.1. The van der Waals surface area contributed by atoms with Gasteiger partial charge in [-0.15, -0.1) is 0 Å². The van der Waals surface area contributed by atoms with Crippen LogP contribution in [0, 0.1) is 5.92 Å². The minimum absolute atomic E-state index is 0.330. The van der Waals surface area contributed by atoms with Gasteiger partial charge < -0.3 is 25.8 Å². The molecule has 9 heteroatoms. The summed E-state index contributed by atoms with van der Waals surface area (Å²) in [6, 6.07) is 5.95. The molecular weight excluding hydrogens is 394 g/mol. The fourth-order valence-corrected chi connectivity index (χ4v) is 3.95. The third-order valence-electron chi connectivity index (χ3n) is 5.67. The summed E-state index contributed by atoms with van der Waals surface area (Å²) in [6.45, 7) is 2.31. The van der Waals surface area contributed by atoms with Crippen molar-refractivity contribution in [3.05, 3.63) is 66.2 Å². The molecule has 1 aromatic carbocycles. The smallest absolute Gasteiger partial charge is 0.205 e. The summed E-state index contributed by atoms with van der Waals surface area (Å²) in [5, 5.41) is 4.25. The Bertz CT molecular complexity index is 1140. The van der Waals surface area contributed by atoms with Gasteiger partial charge in [-0.3, -0.25) is 9.58 Å². The molecule has 0 amide bonds. The van der Waals surface area contributed by atoms with E-state index in [1.54, 1.807) is 18.0 Å². The van der Waals surface area contributed by atoms with Crippen LogP contribution in [0.15, 0.2) is 71.2 Å². The van der Waals surface area contributed by atoms with Crippen LogP contribution < -0.4 is 21.1 Å². The fourth-order valence-electron chi connectivity index (χ4n) is 3.95. The maximum absolute atomic E-state index is 6.63. The van der Waals surface area contributed by atoms with Crippen molar-refractivity contribution in [1.29, 1.82) is 0 Å². The normalized spacial score (nSPS) is 18.5. The SMILES string of the molecule is COc1cc(-c2cnn(C)c2)ccc1N1C(N)=NC=C2C=CN(CC3COC3)C(N)=C21. The third kappa shape index (κ3) is 3.32. The second-order valence-electron chi connectivity index (χ2n) is 7.80. The summed E-state index contributed by atoms with van der Waals surface area (Å²) < 4.78 is 12.8. The Labute approximate surface area is 180 Å². The average Bonchev–Trinajstić information content (AvgIpc) is 3.18. The molecule has 5 rings (SSSR count). The number of anilines is 1. The van der Waals surface area contributed by atoms with Crippen LogP contribution in [-0.4, -0.2) is 47.5 Å². The second kappa shape index (κ2) is 7.51. The predicted molar refractivity (Wildman–Crippen MR) is 119 cm³/mol. The highest BCUT2D eigenvalue weighted by atomic mass is 16.5. The zero-order valence-electron chi connectivity index (χ0n) is 17.5. The highest BCUT2D eigenvalue weighted by Gasteiger charge is 2.32. The van der Waals surface area contributed by atoms with Gasteiger partial charge in [-0.1, -0.05) is 6.07 Å². The molecule has 0 bridgehead atoms. The lowest BCUT2D eigenvalue weighted by Crippen LogP contribution is -2.45. The molecule has 1 saturated heterocycles. The van der Waals surface area contributed by atoms with Gasteiger partial charge in [0.1, 0.15) is 11.6 Å². The third-order valence-corrected chi connectivity index (χ3v) is 5.67. The van der Waals surface area contributed by atoms with Gasteiger partial charge >= 0.3 is 0 Å². The molecule has 0 spiro atoms. The van der Waals surface area contributed by atoms with Crippen molar-refractivity contribution in [3.63, 3.8) is 0 Å². The Balaban J connectivity index is 1.55. The van der Waals surface area contributed by atoms with Crippen LogP contribution in [0.5, 0.6) is 5.75 Å². The molecule has 0 aliphatic carbocycles. The minimum Gasteiger partial charge on any atom is -0.495 e. The van der Waals surface area contributed by atoms with E-state index in [1.807, 2.05) is 59.7 Å². The van der Waals surface area contributed by atoms with E-state index in [0.717, 1.165) is 47.8 Å². The molecule has 4 heterocycles. The maximum atomic E-state index is 6.63. The number of aliphatic imine (C=N–C) groups is 1. The number of guanidine groups is 1. The monoisotopic (exact) mass is 419 g/mol. The Hall–Kier alpha value is -3.72. The Morgan fingerprint density at radius 1 is 1.23 bits per heavy atom. The van der Waals surface area contributed by atoms with Crippen molar-refractivity contribution >= 4 is 11.6 Å². The van der Waals surface area contributed by atoms with Gasteiger partial charge in [-0.2, -0.15) is 5.10 Å². The molecule has 0 unspecified atom stereocenters. The van der Waals surface area contributed by atoms with Gasteiger partial charge in [0.2, 0.25) is 5.96 Å². The summed E-state index contributed by atoms with van der Waals surface area (Å²) in [7, 11) is 3.53. The molecule has 3 aliphatic heterocycles. The molecule has 160 valence electrons. The van der Waals surface area contributed by atoms with Crippen LogP contribution in [0.1, 0.15) is 0 Å². The average molecular weight is 419 g/mol. The van der Waals surface area contributed by atoms with E-state index in [9.17, 15) is 0 Å². The summed E-state index contributed by atoms with van der Waals surface area (Å²) in [6.07, 6.45) is 9.51. The first-order valence-electron chi connectivity index (χ1n) is 10.1. The number of ether oxygens (including phenoxy) is 2. The Morgan fingerprint density at radius 2 is 2.06 bits per heavy atom. The van der Waals surface area contributed by atoms with Crippen molar-refractivity contribution in [2.24, 2.45) is 29.4 Å². The van der Waals surface area contributed by atoms with Gasteiger partial charge in [0.25, 0.3) is 0 Å². The lowest BCUT2D eigenvalue weighted by atomic mass is 10.0. The molecule has 0 saturated carbocycles. The van der Waals surface area contributed by atoms with E-state index in [2.05, 4.69) is 10.1 Å². The van der Waals surface area contributed by atoms with Crippen LogP contribution >= 0.6 is 0 Å². The van der Waals surface area contributed by atoms with E-state index >= 15 is 0 Å². The summed E-state index contributed by atoms with van der Waals surface area (Å²) in [4.78, 5) is 8.28. The number of hydrogen-bond donors (Lipinski definition) is 2. The number of benzene rings is 1. The number of allylic oxidation sites excluding steroid dienone is 1. The van der Waals surface area contributed by atoms with Gasteiger partial charge in [-0.25, -0.2) is 4.99 Å². The molecular formula is C22H25N7O2. The number of fused-ring (bicyclic) bond motifs is 1. The van der Waals surface area contributed by atoms with Gasteiger partial charge in [0, 0.05) is 49.2 Å². The molecule has 31 heavy (non-hydrogen) atoms. The summed E-state index contributed by atoms with van der Waals surface area (Å²) in [5.74, 6) is 2.08. The zero-order valence-corrected chi connectivity index (χ0v) is 17.5. The van der Waals surface area contributed by atoms with E-state index in [-0.39, 0.29) is 0 Å². The van der Waals surface area contributed by atoms with Crippen LogP contribution in [0.3, 0.4) is 0 Å². The van der Waals surface area contributed by atoms with Gasteiger partial charge in [-0.05, 0) is 23.8 Å². The second-order valence-corrected chi connectivity index (χ2v) is 7.80. The lowest BCUT2D eigenvalue weighted by Gasteiger charge is -2.38. The van der Waals surface area contributed by atoms with Gasteiger partial charge in [0.15, 0.2) is 0 Å². The lowest BCUT2D eigenvalue weighted by molar-refractivity contribution is -0.0391. The van der Waals surface area contributed by atoms with Crippen molar-refractivity contribution in [1.82, 2.24) is 14.7 Å². The van der Waals surface area contributed by atoms with E-state index in [4.69, 9.17) is 20.9 Å². The van der Waals surface area contributed by atoms with Crippen LogP contribution in [-0.2, 0) is 11.8 Å². The number of rotatable bonds is 5. The topological polar surface area (TPSA) is 107 Å². The summed E-state index contributed by atoms with van der Waals surface area (Å²) in [5.41, 5.74) is 17.4. The van der Waals surface area contributed by atoms with Crippen LogP contribution in [0.2, 0.25) is 0 Å². The van der Waals surface area contributed by atoms with Crippen LogP contribution in [0.4, 0.5) is 5.69 Å². The molecule has 9 nitrogen and oxygen atoms in total. The molecule has 4 N–H and O–H groups in total. The molecule has 0 atom stereocenters. The van der Waals surface area contributed by atoms with Gasteiger partial charge in [0.05, 0.1) is 37.9 Å². The first kappa shape index (κ1) is 19.3. The molecule has 1 aromatic heterocycles. The summed E-state index contributed by atoms with van der Waals surface area (Å²) >= 11 is 0. The van der Waals surface area contributed by atoms with E-state index < -0.39 is 0 Å². The molecule has 0 radical (unpaired) electrons. The number of aromatic nitrogens is 2. The Kier molecular flexibility index (Phi) is 4.67. The van der Waals surface area contributed by atoms with E-state index in [1.165, 1.54) is 0 Å². The fraction of sp³-hybridized carbons (Fsp3) is 0.273. The zero-order chi connectivity index (χ0) is 21.5. The number of nitrogens with two attached hydrogens (primary N) is 2. The maximum Gasteiger partial charge on any atom is 0.205 e. The number of methoxy groups -OCH3 is 1. The number of aryl methyl sites for hydroxylation is 1. The highest BCUT2D eigenvalue weighted by molar-refractivity contribution is 6.02. The Morgan fingerprint density at radius 3 is 2.74 bits per heavy atom. The standard InChI is InChI=1S/C22H25N7O2/c1-27-11-17(9-26-27)15-3-4-18(19(7-15)30-2)29-20-16(8-25-22(29)24)5-6-28(21(20)23)10-14-12-31-13-14/h3-9,11,14H,10,12-13,23H2,1-2H3,(H2,24,25). The largest absolute Gasteiger partial charge is 0.495 e. The molecule has 1 fully saturated rings. The predicted octanol–water partition coefficient (Wildman–Crippen LogP) is 1.72.